The van der Waals surface area contributed by atoms with Crippen molar-refractivity contribution in [1.29, 1.82) is 0 Å². The molecular formula is C19H21N6O+. The quantitative estimate of drug-likeness (QED) is 0.272. The predicted octanol–water partition coefficient (Wildman–Crippen LogP) is 1.63. The Bertz CT molecular complexity index is 926. The number of hydrogen-bond donors (Lipinski definition) is 3. The van der Waals surface area contributed by atoms with Crippen molar-refractivity contribution in [3.63, 3.8) is 0 Å². The number of nitrogens with two attached hydrogens (primary N) is 2. The molecule has 0 spiro atoms. The van der Waals surface area contributed by atoms with E-state index in [1.165, 1.54) is 5.56 Å². The van der Waals surface area contributed by atoms with Gasteiger partial charge in [0, 0.05) is 11.1 Å². The fourth-order valence-electron chi connectivity index (χ4n) is 2.66. The smallest absolute Gasteiger partial charge is 0.211 e. The third-order valence-corrected chi connectivity index (χ3v) is 3.78. The largest absolute Gasteiger partial charge is 0.496 e. The van der Waals surface area contributed by atoms with E-state index in [0.29, 0.717) is 6.54 Å². The first-order valence-corrected chi connectivity index (χ1v) is 8.09. The first-order chi connectivity index (χ1) is 12.7. The Balaban J connectivity index is 2.03. The van der Waals surface area contributed by atoms with E-state index in [4.69, 9.17) is 16.2 Å². The molecule has 0 saturated carbocycles. The van der Waals surface area contributed by atoms with Crippen LogP contribution in [0.2, 0.25) is 0 Å². The van der Waals surface area contributed by atoms with E-state index in [-0.39, 0.29) is 5.96 Å². The maximum Gasteiger partial charge on any atom is 0.211 e. The van der Waals surface area contributed by atoms with Gasteiger partial charge in [0.25, 0.3) is 0 Å². The van der Waals surface area contributed by atoms with Gasteiger partial charge in [0.15, 0.2) is 6.54 Å². The zero-order valence-corrected chi connectivity index (χ0v) is 14.5. The second kappa shape index (κ2) is 7.98. The van der Waals surface area contributed by atoms with Crippen molar-refractivity contribution in [3.8, 4) is 17.0 Å². The molecule has 0 aliphatic carbocycles. The van der Waals surface area contributed by atoms with Gasteiger partial charge in [-0.2, -0.15) is 10.2 Å². The summed E-state index contributed by atoms with van der Waals surface area (Å²) in [5.74, 6) is 0.672. The number of hydrogen-bond acceptors (Lipinski definition) is 3. The van der Waals surface area contributed by atoms with Crippen molar-refractivity contribution in [3.05, 3.63) is 71.9 Å². The lowest BCUT2D eigenvalue weighted by molar-refractivity contribution is -0.741. The molecule has 5 N–H and O–H groups in total. The van der Waals surface area contributed by atoms with Crippen LogP contribution in [0, 0.1) is 0 Å². The van der Waals surface area contributed by atoms with Crippen LogP contribution in [0.5, 0.6) is 5.75 Å². The summed E-state index contributed by atoms with van der Waals surface area (Å²) in [4.78, 5) is 0. The van der Waals surface area contributed by atoms with E-state index in [2.05, 4.69) is 27.4 Å². The fraction of sp³-hybridized carbons (Fsp3) is 0.105. The van der Waals surface area contributed by atoms with E-state index in [9.17, 15) is 0 Å². The van der Waals surface area contributed by atoms with E-state index in [1.54, 1.807) is 13.3 Å². The molecule has 132 valence electrons. The van der Waals surface area contributed by atoms with Crippen molar-refractivity contribution in [2.75, 3.05) is 7.11 Å². The molecule has 0 amide bonds. The Hall–Kier alpha value is -3.61. The second-order valence-electron chi connectivity index (χ2n) is 5.65. The lowest BCUT2D eigenvalue weighted by atomic mass is 10.1. The molecule has 7 nitrogen and oxygen atoms in total. The molecule has 2 aromatic carbocycles. The molecule has 1 heterocycles. The van der Waals surface area contributed by atoms with Crippen molar-refractivity contribution in [2.24, 2.45) is 21.7 Å². The molecule has 0 bridgehead atoms. The van der Waals surface area contributed by atoms with E-state index in [0.717, 1.165) is 22.6 Å². The van der Waals surface area contributed by atoms with Crippen LogP contribution in [-0.2, 0) is 6.54 Å². The molecule has 7 heteroatoms. The van der Waals surface area contributed by atoms with Crippen LogP contribution in [-0.4, -0.2) is 24.4 Å². The number of nitrogens with one attached hydrogen (secondary N) is 1. The maximum atomic E-state index is 5.48. The highest BCUT2D eigenvalue weighted by atomic mass is 16.5. The zero-order valence-electron chi connectivity index (χ0n) is 14.5. The predicted molar refractivity (Wildman–Crippen MR) is 102 cm³/mol. The minimum absolute atomic E-state index is 0.0900. The monoisotopic (exact) mass is 349 g/mol. The van der Waals surface area contributed by atoms with Crippen LogP contribution >= 0.6 is 0 Å². The van der Waals surface area contributed by atoms with Gasteiger partial charge in [-0.05, 0) is 12.1 Å². The van der Waals surface area contributed by atoms with Gasteiger partial charge < -0.3 is 16.2 Å². The van der Waals surface area contributed by atoms with Gasteiger partial charge in [0.05, 0.1) is 18.9 Å². The number of H-pyrrole nitrogens is 1. The first-order valence-electron chi connectivity index (χ1n) is 8.09. The number of aromatic nitrogens is 2. The number of nitrogens with zero attached hydrogens (tertiary/aromatic N) is 3. The van der Waals surface area contributed by atoms with E-state index < -0.39 is 0 Å². The highest BCUT2D eigenvalue weighted by Gasteiger charge is 2.18. The van der Waals surface area contributed by atoms with Crippen LogP contribution in [0.1, 0.15) is 11.1 Å². The minimum Gasteiger partial charge on any atom is -0.496 e. The van der Waals surface area contributed by atoms with Gasteiger partial charge in [0.2, 0.25) is 12.2 Å². The average Bonchev–Trinajstić information content (AvgIpc) is 3.04. The topological polar surface area (TPSA) is 106 Å². The average molecular weight is 349 g/mol. The van der Waals surface area contributed by atoms with Crippen LogP contribution in [0.15, 0.2) is 71.0 Å². The number of methoxy groups -OCH3 is 1. The third kappa shape index (κ3) is 4.07. The number of ether oxygens (including phenoxy) is 1. The standard InChI is InChI=1S/C19H20N6O/c1-26-17-10-6-5-9-16(17)18-15(11-22-23-19(20)21)13-25(24-18)12-14-7-3-2-4-8-14/h2-11,13H,12H2,1H3,(H4,20,21,23)/p+1/b22-11+. The molecule has 0 aliphatic heterocycles. The maximum absolute atomic E-state index is 5.48. The van der Waals surface area contributed by atoms with Crippen LogP contribution in [0.3, 0.4) is 0 Å². The summed E-state index contributed by atoms with van der Waals surface area (Å²) in [6.07, 6.45) is 3.57. The number of benzene rings is 2. The minimum atomic E-state index is -0.0900. The molecule has 0 radical (unpaired) electrons. The Labute approximate surface area is 151 Å². The molecular weight excluding hydrogens is 328 g/mol. The number of guanidine groups is 1. The van der Waals surface area contributed by atoms with Crippen LogP contribution in [0.4, 0.5) is 0 Å². The molecule has 0 saturated heterocycles. The fourth-order valence-corrected chi connectivity index (χ4v) is 2.66. The van der Waals surface area contributed by atoms with Crippen molar-refractivity contribution in [1.82, 2.24) is 5.10 Å². The van der Waals surface area contributed by atoms with Crippen LogP contribution < -0.4 is 20.9 Å². The molecule has 3 aromatic rings. The van der Waals surface area contributed by atoms with Gasteiger partial charge in [-0.1, -0.05) is 42.5 Å². The van der Waals surface area contributed by atoms with Gasteiger partial charge >= 0.3 is 0 Å². The van der Waals surface area contributed by atoms with Gasteiger partial charge in [-0.15, -0.1) is 9.78 Å². The van der Waals surface area contributed by atoms with Gasteiger partial charge in [0.1, 0.15) is 11.4 Å². The van der Waals surface area contributed by atoms with Gasteiger partial charge in [-0.3, -0.25) is 0 Å². The lowest BCUT2D eigenvalue weighted by Gasteiger charge is -2.05. The first kappa shape index (κ1) is 17.2. The van der Waals surface area contributed by atoms with Crippen molar-refractivity contribution in [2.45, 2.75) is 6.54 Å². The molecule has 3 rings (SSSR count). The highest BCUT2D eigenvalue weighted by Crippen LogP contribution is 2.29. The van der Waals surface area contributed by atoms with Crippen molar-refractivity contribution >= 4 is 12.2 Å². The van der Waals surface area contributed by atoms with Crippen LogP contribution in [0.25, 0.3) is 11.3 Å². The molecule has 0 atom stereocenters. The summed E-state index contributed by atoms with van der Waals surface area (Å²) >= 11 is 0. The number of rotatable bonds is 6. The normalized spacial score (nSPS) is 10.8. The number of para-hydroxylation sites is 1. The Morgan fingerprint density at radius 1 is 1.12 bits per heavy atom. The zero-order chi connectivity index (χ0) is 18.4. The molecule has 26 heavy (non-hydrogen) atoms. The number of aromatic amines is 1. The molecule has 0 fully saturated rings. The summed E-state index contributed by atoms with van der Waals surface area (Å²) in [6.45, 7) is 0.694. The second-order valence-corrected chi connectivity index (χ2v) is 5.65. The summed E-state index contributed by atoms with van der Waals surface area (Å²) in [5.41, 5.74) is 14.5. The summed E-state index contributed by atoms with van der Waals surface area (Å²) in [7, 11) is 1.65. The van der Waals surface area contributed by atoms with E-state index in [1.807, 2.05) is 53.3 Å². The Kier molecular flexibility index (Phi) is 5.28. The SMILES string of the molecule is COc1ccccc1-c1[nH][n+](Cc2ccccc2)cc1/C=N/N=C(N)N. The molecule has 0 aliphatic rings. The summed E-state index contributed by atoms with van der Waals surface area (Å²) < 4.78 is 7.46. The summed E-state index contributed by atoms with van der Waals surface area (Å²) in [5, 5.41) is 11.0. The molecule has 0 unspecified atom stereocenters. The van der Waals surface area contributed by atoms with Gasteiger partial charge in [-0.25, -0.2) is 0 Å². The van der Waals surface area contributed by atoms with E-state index >= 15 is 0 Å². The molecule has 1 aromatic heterocycles. The summed E-state index contributed by atoms with van der Waals surface area (Å²) in [6, 6.07) is 17.9. The Morgan fingerprint density at radius 2 is 1.85 bits per heavy atom. The van der Waals surface area contributed by atoms with Crippen molar-refractivity contribution < 1.29 is 9.42 Å². The Morgan fingerprint density at radius 3 is 2.58 bits per heavy atom. The third-order valence-electron chi connectivity index (χ3n) is 3.78. The highest BCUT2D eigenvalue weighted by molar-refractivity contribution is 5.89. The lowest BCUT2D eigenvalue weighted by Crippen LogP contribution is -2.35.